The van der Waals surface area contributed by atoms with E-state index in [-0.39, 0.29) is 0 Å². The molecule has 1 aromatic heterocycles. The van der Waals surface area contributed by atoms with Gasteiger partial charge in [-0.2, -0.15) is 0 Å². The largest absolute Gasteiger partial charge is 0.490 e. The van der Waals surface area contributed by atoms with Crippen LogP contribution in [-0.2, 0) is 0 Å². The summed E-state index contributed by atoms with van der Waals surface area (Å²) < 4.78 is 7.09. The van der Waals surface area contributed by atoms with Gasteiger partial charge >= 0.3 is 0 Å². The van der Waals surface area contributed by atoms with Crippen LogP contribution in [0.5, 0.6) is 5.75 Å². The van der Waals surface area contributed by atoms with Crippen LogP contribution in [0.15, 0.2) is 28.7 Å². The zero-order valence-corrected chi connectivity index (χ0v) is 13.8. The molecule has 0 N–H and O–H groups in total. The van der Waals surface area contributed by atoms with Gasteiger partial charge in [-0.05, 0) is 49.9 Å². The highest BCUT2D eigenvalue weighted by Gasteiger charge is 2.38. The summed E-state index contributed by atoms with van der Waals surface area (Å²) in [4.78, 5) is 7.16. The Bertz CT molecular complexity index is 684. The Morgan fingerprint density at radius 3 is 3.00 bits per heavy atom. The van der Waals surface area contributed by atoms with Crippen LogP contribution in [-0.4, -0.2) is 35.6 Å². The van der Waals surface area contributed by atoms with Crippen LogP contribution in [0.25, 0.3) is 10.9 Å². The fraction of sp³-hybridized carbons (Fsp3) is 0.471. The van der Waals surface area contributed by atoms with Crippen molar-refractivity contribution in [3.63, 3.8) is 0 Å². The van der Waals surface area contributed by atoms with Gasteiger partial charge in [0, 0.05) is 22.9 Å². The number of hydrogen-bond donors (Lipinski definition) is 0. The fourth-order valence-electron chi connectivity index (χ4n) is 2.79. The Morgan fingerprint density at radius 1 is 1.33 bits per heavy atom. The number of aryl methyl sites for hydroxylation is 1. The number of hydrogen-bond acceptors (Lipinski definition) is 3. The molecule has 1 saturated heterocycles. The number of rotatable bonds is 5. The van der Waals surface area contributed by atoms with Crippen molar-refractivity contribution < 1.29 is 4.74 Å². The highest BCUT2D eigenvalue weighted by atomic mass is 79.9. The molecule has 1 saturated carbocycles. The maximum Gasteiger partial charge on any atom is 0.141 e. The van der Waals surface area contributed by atoms with E-state index in [1.165, 1.54) is 25.9 Å². The van der Waals surface area contributed by atoms with Crippen LogP contribution in [0.4, 0.5) is 0 Å². The van der Waals surface area contributed by atoms with E-state index in [1.807, 2.05) is 19.1 Å². The van der Waals surface area contributed by atoms with Gasteiger partial charge in [-0.3, -0.25) is 4.90 Å². The first-order chi connectivity index (χ1) is 10.2. The Balaban J connectivity index is 1.44. The molecule has 0 spiro atoms. The lowest BCUT2D eigenvalue weighted by Gasteiger charge is -2.10. The minimum atomic E-state index is 0.614. The molecule has 1 aliphatic carbocycles. The normalized spacial score (nSPS) is 24.3. The van der Waals surface area contributed by atoms with Gasteiger partial charge in [-0.25, -0.2) is 4.98 Å². The van der Waals surface area contributed by atoms with Crippen LogP contribution in [0, 0.1) is 12.8 Å². The topological polar surface area (TPSA) is 25.1 Å². The third-order valence-electron chi connectivity index (χ3n) is 4.37. The molecule has 4 rings (SSSR count). The summed E-state index contributed by atoms with van der Waals surface area (Å²) in [5.74, 6) is 1.88. The smallest absolute Gasteiger partial charge is 0.141 e. The molecule has 2 fully saturated rings. The van der Waals surface area contributed by atoms with Gasteiger partial charge in [-0.15, -0.1) is 0 Å². The van der Waals surface area contributed by atoms with Gasteiger partial charge in [0.15, 0.2) is 0 Å². The van der Waals surface area contributed by atoms with Crippen molar-refractivity contribution in [3.8, 4) is 5.75 Å². The Kier molecular flexibility index (Phi) is 3.38. The maximum absolute atomic E-state index is 6.02. The maximum atomic E-state index is 6.02. The van der Waals surface area contributed by atoms with Gasteiger partial charge < -0.3 is 4.74 Å². The number of halogens is 1. The molecule has 1 aliphatic heterocycles. The number of aromatic nitrogens is 1. The molecule has 2 heterocycles. The highest BCUT2D eigenvalue weighted by Crippen LogP contribution is 2.34. The van der Waals surface area contributed by atoms with Crippen molar-refractivity contribution in [2.45, 2.75) is 25.8 Å². The molecule has 1 aromatic carbocycles. The van der Waals surface area contributed by atoms with Gasteiger partial charge in [0.2, 0.25) is 0 Å². The molecular weight excluding hydrogens is 328 g/mol. The predicted octanol–water partition coefficient (Wildman–Crippen LogP) is 3.78. The summed E-state index contributed by atoms with van der Waals surface area (Å²) in [5.41, 5.74) is 1.99. The first kappa shape index (κ1) is 13.5. The summed E-state index contributed by atoms with van der Waals surface area (Å²) in [7, 11) is 0. The average Bonchev–Trinajstić information content (AvgIpc) is 3.36. The van der Waals surface area contributed by atoms with Crippen molar-refractivity contribution in [2.75, 3.05) is 19.7 Å². The molecule has 110 valence electrons. The SMILES string of the molecule is Cc1nc2ccc(Br)cc2cc1OCC1CN1CC1CC1. The van der Waals surface area contributed by atoms with Crippen molar-refractivity contribution in [1.82, 2.24) is 9.88 Å². The number of pyridine rings is 1. The zero-order chi connectivity index (χ0) is 14.4. The lowest BCUT2D eigenvalue weighted by Crippen LogP contribution is -2.13. The fourth-order valence-corrected chi connectivity index (χ4v) is 3.17. The monoisotopic (exact) mass is 346 g/mol. The van der Waals surface area contributed by atoms with Crippen LogP contribution < -0.4 is 4.74 Å². The average molecular weight is 347 g/mol. The van der Waals surface area contributed by atoms with Crippen molar-refractivity contribution >= 4 is 26.8 Å². The van der Waals surface area contributed by atoms with Crippen LogP contribution >= 0.6 is 15.9 Å². The zero-order valence-electron chi connectivity index (χ0n) is 12.2. The van der Waals surface area contributed by atoms with Crippen molar-refractivity contribution in [1.29, 1.82) is 0 Å². The van der Waals surface area contributed by atoms with Crippen LogP contribution in [0.3, 0.4) is 0 Å². The molecule has 2 aliphatic rings. The first-order valence-electron chi connectivity index (χ1n) is 7.63. The molecule has 21 heavy (non-hydrogen) atoms. The molecule has 2 unspecified atom stereocenters. The van der Waals surface area contributed by atoms with Gasteiger partial charge in [0.1, 0.15) is 12.4 Å². The van der Waals surface area contributed by atoms with E-state index < -0.39 is 0 Å². The molecule has 2 atom stereocenters. The lowest BCUT2D eigenvalue weighted by molar-refractivity contribution is 0.289. The highest BCUT2D eigenvalue weighted by molar-refractivity contribution is 9.10. The lowest BCUT2D eigenvalue weighted by atomic mass is 10.2. The van der Waals surface area contributed by atoms with E-state index in [0.29, 0.717) is 6.04 Å². The van der Waals surface area contributed by atoms with Crippen LogP contribution in [0.1, 0.15) is 18.5 Å². The standard InChI is InChI=1S/C17H19BrN2O/c1-11-17(7-13-6-14(18)4-5-16(13)19-11)21-10-15-9-20(15)8-12-2-3-12/h4-7,12,15H,2-3,8-10H2,1H3. The molecule has 3 nitrogen and oxygen atoms in total. The number of fused-ring (bicyclic) bond motifs is 1. The van der Waals surface area contributed by atoms with Gasteiger partial charge in [-0.1, -0.05) is 15.9 Å². The minimum absolute atomic E-state index is 0.614. The van der Waals surface area contributed by atoms with E-state index >= 15 is 0 Å². The third-order valence-corrected chi connectivity index (χ3v) is 4.86. The molecule has 0 bridgehead atoms. The van der Waals surface area contributed by atoms with Crippen molar-refractivity contribution in [3.05, 3.63) is 34.4 Å². The molecular formula is C17H19BrN2O. The van der Waals surface area contributed by atoms with E-state index in [9.17, 15) is 0 Å². The van der Waals surface area contributed by atoms with Crippen molar-refractivity contribution in [2.24, 2.45) is 5.92 Å². The Labute approximate surface area is 133 Å². The second-order valence-corrected chi connectivity index (χ2v) is 7.19. The number of nitrogens with zero attached hydrogens (tertiary/aromatic N) is 2. The summed E-state index contributed by atoms with van der Waals surface area (Å²) in [5, 5.41) is 1.12. The quantitative estimate of drug-likeness (QED) is 0.770. The molecule has 0 radical (unpaired) electrons. The minimum Gasteiger partial charge on any atom is -0.490 e. The summed E-state index contributed by atoms with van der Waals surface area (Å²) in [6.07, 6.45) is 2.85. The second kappa shape index (κ2) is 5.25. The Morgan fingerprint density at radius 2 is 2.19 bits per heavy atom. The molecule has 4 heteroatoms. The van der Waals surface area contributed by atoms with Crippen LogP contribution in [0.2, 0.25) is 0 Å². The summed E-state index contributed by atoms with van der Waals surface area (Å²) in [6.45, 7) is 5.28. The van der Waals surface area contributed by atoms with Gasteiger partial charge in [0.05, 0.1) is 17.3 Å². The van der Waals surface area contributed by atoms with E-state index in [2.05, 4.69) is 37.9 Å². The molecule has 2 aromatic rings. The Hall–Kier alpha value is -1.13. The molecule has 0 amide bonds. The van der Waals surface area contributed by atoms with E-state index in [1.54, 1.807) is 0 Å². The first-order valence-corrected chi connectivity index (χ1v) is 8.42. The number of benzene rings is 1. The van der Waals surface area contributed by atoms with E-state index in [0.717, 1.165) is 39.3 Å². The summed E-state index contributed by atoms with van der Waals surface area (Å²) >= 11 is 3.51. The van der Waals surface area contributed by atoms with E-state index in [4.69, 9.17) is 4.74 Å². The predicted molar refractivity (Wildman–Crippen MR) is 87.8 cm³/mol. The summed E-state index contributed by atoms with van der Waals surface area (Å²) in [6, 6.07) is 8.87. The third kappa shape index (κ3) is 3.06. The van der Waals surface area contributed by atoms with Gasteiger partial charge in [0.25, 0.3) is 0 Å². The number of ether oxygens (including phenoxy) is 1. The second-order valence-electron chi connectivity index (χ2n) is 6.27.